The third kappa shape index (κ3) is 5.63. The van der Waals surface area contributed by atoms with E-state index in [4.69, 9.17) is 34.8 Å². The van der Waals surface area contributed by atoms with Crippen molar-refractivity contribution in [1.82, 2.24) is 4.90 Å². The SMILES string of the molecule is O=C(c1ccc(Cl)cc1)c1c(N2C(=O)c3ccccc3C2=O)sc(-c2ccccc2)c1CN1CCN(c2ccc(Cl)c(Cl)c2)CC1. The highest BCUT2D eigenvalue weighted by atomic mass is 35.5. The van der Waals surface area contributed by atoms with E-state index >= 15 is 0 Å². The molecule has 1 aromatic heterocycles. The van der Waals surface area contributed by atoms with Crippen LogP contribution in [0.4, 0.5) is 10.7 Å². The van der Waals surface area contributed by atoms with Crippen LogP contribution in [-0.4, -0.2) is 48.7 Å². The zero-order valence-electron chi connectivity index (χ0n) is 24.4. The lowest BCUT2D eigenvalue weighted by atomic mass is 9.97. The second kappa shape index (κ2) is 12.7. The monoisotopic (exact) mass is 685 g/mol. The van der Waals surface area contributed by atoms with E-state index in [1.807, 2.05) is 42.5 Å². The van der Waals surface area contributed by atoms with Gasteiger partial charge in [-0.25, -0.2) is 4.90 Å². The van der Waals surface area contributed by atoms with Gasteiger partial charge in [0.2, 0.25) is 0 Å². The number of carbonyl (C=O) groups is 3. The van der Waals surface area contributed by atoms with Gasteiger partial charge in [0.25, 0.3) is 11.8 Å². The van der Waals surface area contributed by atoms with Gasteiger partial charge < -0.3 is 4.90 Å². The first kappa shape index (κ1) is 30.7. The summed E-state index contributed by atoms with van der Waals surface area (Å²) in [5, 5.41) is 1.86. The summed E-state index contributed by atoms with van der Waals surface area (Å²) in [6.07, 6.45) is 0. The second-order valence-corrected chi connectivity index (χ2v) is 13.4. The van der Waals surface area contributed by atoms with E-state index < -0.39 is 11.8 Å². The van der Waals surface area contributed by atoms with Gasteiger partial charge in [-0.3, -0.25) is 19.3 Å². The van der Waals surface area contributed by atoms with Crippen LogP contribution in [0.2, 0.25) is 15.1 Å². The van der Waals surface area contributed by atoms with Gasteiger partial charge in [0.05, 0.1) is 26.7 Å². The zero-order valence-corrected chi connectivity index (χ0v) is 27.5. The predicted octanol–water partition coefficient (Wildman–Crippen LogP) is 8.73. The molecular weight excluding hydrogens is 661 g/mol. The van der Waals surface area contributed by atoms with Crippen molar-refractivity contribution >= 4 is 74.4 Å². The van der Waals surface area contributed by atoms with Gasteiger partial charge in [-0.2, -0.15) is 0 Å². The predicted molar refractivity (Wildman–Crippen MR) is 186 cm³/mol. The van der Waals surface area contributed by atoms with E-state index in [-0.39, 0.29) is 5.78 Å². The summed E-state index contributed by atoms with van der Waals surface area (Å²) < 4.78 is 0. The molecule has 0 radical (unpaired) electrons. The molecule has 0 bridgehead atoms. The minimum Gasteiger partial charge on any atom is -0.369 e. The summed E-state index contributed by atoms with van der Waals surface area (Å²) in [4.78, 5) is 48.6. The molecule has 0 unspecified atom stereocenters. The molecule has 230 valence electrons. The van der Waals surface area contributed by atoms with Crippen molar-refractivity contribution < 1.29 is 14.4 Å². The minimum absolute atomic E-state index is 0.272. The highest BCUT2D eigenvalue weighted by molar-refractivity contribution is 7.20. The quantitative estimate of drug-likeness (QED) is 0.127. The first-order valence-corrected chi connectivity index (χ1v) is 16.7. The third-order valence-corrected chi connectivity index (χ3v) is 10.6. The van der Waals surface area contributed by atoms with Gasteiger partial charge in [0.1, 0.15) is 5.00 Å². The normalized spacial score (nSPS) is 15.0. The van der Waals surface area contributed by atoms with Crippen LogP contribution >= 0.6 is 46.1 Å². The van der Waals surface area contributed by atoms with Gasteiger partial charge >= 0.3 is 0 Å². The molecule has 10 heteroatoms. The number of hydrogen-bond donors (Lipinski definition) is 0. The maximum Gasteiger partial charge on any atom is 0.266 e. The highest BCUT2D eigenvalue weighted by Gasteiger charge is 2.41. The van der Waals surface area contributed by atoms with Crippen molar-refractivity contribution in [3.8, 4) is 10.4 Å². The number of fused-ring (bicyclic) bond motifs is 1. The van der Waals surface area contributed by atoms with Crippen LogP contribution in [0.15, 0.2) is 97.1 Å². The smallest absolute Gasteiger partial charge is 0.266 e. The van der Waals surface area contributed by atoms with Gasteiger partial charge in [-0.1, -0.05) is 77.3 Å². The third-order valence-electron chi connectivity index (χ3n) is 8.38. The van der Waals surface area contributed by atoms with Crippen molar-refractivity contribution in [3.05, 3.63) is 140 Å². The standard InChI is InChI=1S/C36H26Cl3N3O3S/c37-24-12-10-22(11-13-24)32(43)31-28(21-40-16-18-41(19-17-40)25-14-15-29(38)30(39)20-25)33(23-6-2-1-3-7-23)46-36(31)42-34(44)26-8-4-5-9-27(26)35(42)45/h1-15,20H,16-19,21H2. The Kier molecular flexibility index (Phi) is 8.44. The van der Waals surface area contributed by atoms with E-state index in [9.17, 15) is 14.4 Å². The summed E-state index contributed by atoms with van der Waals surface area (Å²) >= 11 is 19.9. The average molecular weight is 687 g/mol. The van der Waals surface area contributed by atoms with E-state index in [0.29, 0.717) is 48.9 Å². The maximum absolute atomic E-state index is 14.5. The van der Waals surface area contributed by atoms with Crippen LogP contribution in [0.1, 0.15) is 42.2 Å². The topological polar surface area (TPSA) is 60.9 Å². The highest BCUT2D eigenvalue weighted by Crippen LogP contribution is 2.46. The van der Waals surface area contributed by atoms with Gasteiger partial charge in [-0.15, -0.1) is 11.3 Å². The van der Waals surface area contributed by atoms with Crippen LogP contribution in [0.3, 0.4) is 0 Å². The first-order chi connectivity index (χ1) is 22.3. The number of thiophene rings is 1. The lowest BCUT2D eigenvalue weighted by molar-refractivity contribution is 0.0927. The molecule has 2 aliphatic heterocycles. The minimum atomic E-state index is -0.437. The molecular formula is C36H26Cl3N3O3S. The lowest BCUT2D eigenvalue weighted by Gasteiger charge is -2.36. The molecule has 1 saturated heterocycles. The maximum atomic E-state index is 14.5. The molecule has 46 heavy (non-hydrogen) atoms. The number of imide groups is 1. The average Bonchev–Trinajstić information content (AvgIpc) is 3.56. The molecule has 6 nitrogen and oxygen atoms in total. The Morgan fingerprint density at radius 2 is 1.35 bits per heavy atom. The number of benzene rings is 4. The Bertz CT molecular complexity index is 1950. The van der Waals surface area contributed by atoms with Gasteiger partial charge in [0.15, 0.2) is 5.78 Å². The molecule has 4 aromatic carbocycles. The number of halogens is 3. The van der Waals surface area contributed by atoms with E-state index in [2.05, 4.69) is 9.80 Å². The lowest BCUT2D eigenvalue weighted by Crippen LogP contribution is -2.46. The van der Waals surface area contributed by atoms with Crippen LogP contribution in [0.25, 0.3) is 10.4 Å². The number of piperazine rings is 1. The molecule has 2 aliphatic rings. The molecule has 0 atom stereocenters. The number of amides is 2. The van der Waals surface area contributed by atoms with Crippen molar-refractivity contribution in [1.29, 1.82) is 0 Å². The molecule has 5 aromatic rings. The molecule has 7 rings (SSSR count). The second-order valence-electron chi connectivity index (χ2n) is 11.1. The fraction of sp³-hybridized carbons (Fsp3) is 0.139. The van der Waals surface area contributed by atoms with Crippen LogP contribution in [-0.2, 0) is 6.54 Å². The molecule has 0 N–H and O–H groups in total. The van der Waals surface area contributed by atoms with Crippen LogP contribution in [0, 0.1) is 0 Å². The van der Waals surface area contributed by atoms with Crippen LogP contribution < -0.4 is 9.80 Å². The number of ketones is 1. The Hall–Kier alpha value is -3.98. The zero-order chi connectivity index (χ0) is 31.9. The Labute approximate surface area is 285 Å². The Morgan fingerprint density at radius 1 is 0.717 bits per heavy atom. The van der Waals surface area contributed by atoms with Gasteiger partial charge in [0, 0.05) is 53.9 Å². The van der Waals surface area contributed by atoms with Gasteiger partial charge in [-0.05, 0) is 65.7 Å². The molecule has 0 aliphatic carbocycles. The number of anilines is 2. The fourth-order valence-corrected chi connectivity index (χ4v) is 7.74. The van der Waals surface area contributed by atoms with Crippen molar-refractivity contribution in [2.24, 2.45) is 0 Å². The van der Waals surface area contributed by atoms with Crippen molar-refractivity contribution in [2.75, 3.05) is 36.0 Å². The number of rotatable bonds is 7. The Balaban J connectivity index is 1.31. The molecule has 0 saturated carbocycles. The summed E-state index contributed by atoms with van der Waals surface area (Å²) in [5.74, 6) is -1.15. The summed E-state index contributed by atoms with van der Waals surface area (Å²) in [7, 11) is 0. The van der Waals surface area contributed by atoms with E-state index in [1.165, 1.54) is 16.2 Å². The van der Waals surface area contributed by atoms with E-state index in [0.717, 1.165) is 47.9 Å². The fourth-order valence-electron chi connectivity index (χ4n) is 6.01. The molecule has 2 amide bonds. The summed E-state index contributed by atoms with van der Waals surface area (Å²) in [6.45, 7) is 3.39. The largest absolute Gasteiger partial charge is 0.369 e. The number of carbonyl (C=O) groups excluding carboxylic acids is 3. The number of hydrogen-bond acceptors (Lipinski definition) is 6. The van der Waals surface area contributed by atoms with Crippen molar-refractivity contribution in [3.63, 3.8) is 0 Å². The summed E-state index contributed by atoms with van der Waals surface area (Å²) in [6, 6.07) is 28.9. The Morgan fingerprint density at radius 3 is 1.98 bits per heavy atom. The number of nitrogens with zero attached hydrogens (tertiary/aromatic N) is 3. The summed E-state index contributed by atoms with van der Waals surface area (Å²) in [5.41, 5.74) is 4.12. The van der Waals surface area contributed by atoms with E-state index in [1.54, 1.807) is 54.6 Å². The first-order valence-electron chi connectivity index (χ1n) is 14.7. The molecule has 0 spiro atoms. The van der Waals surface area contributed by atoms with Crippen LogP contribution in [0.5, 0.6) is 0 Å². The molecule has 3 heterocycles. The molecule has 1 fully saturated rings. The van der Waals surface area contributed by atoms with Crippen molar-refractivity contribution in [2.45, 2.75) is 6.54 Å².